The summed E-state index contributed by atoms with van der Waals surface area (Å²) in [7, 11) is 1.92. The normalized spacial score (nSPS) is 10.8. The zero-order chi connectivity index (χ0) is 10.8. The first-order valence-electron chi connectivity index (χ1n) is 4.92. The number of hydrogen-bond acceptors (Lipinski definition) is 3. The van der Waals surface area contributed by atoms with Gasteiger partial charge < -0.3 is 10.3 Å². The Labute approximate surface area is 88.5 Å². The van der Waals surface area contributed by atoms with Crippen LogP contribution in [0, 0.1) is 6.92 Å². The quantitative estimate of drug-likeness (QED) is 0.804. The number of nitrogens with zero attached hydrogens (tertiary/aromatic N) is 4. The Bertz CT molecular complexity index is 454. The third-order valence-corrected chi connectivity index (χ3v) is 2.33. The molecule has 2 heterocycles. The summed E-state index contributed by atoms with van der Waals surface area (Å²) < 4.78 is 3.76. The minimum absolute atomic E-state index is 0.580. The van der Waals surface area contributed by atoms with Crippen LogP contribution in [0.2, 0.25) is 0 Å². The lowest BCUT2D eigenvalue weighted by atomic mass is 10.2. The lowest BCUT2D eigenvalue weighted by Crippen LogP contribution is -2.04. The molecule has 15 heavy (non-hydrogen) atoms. The van der Waals surface area contributed by atoms with Crippen LogP contribution in [0.5, 0.6) is 0 Å². The number of aromatic nitrogens is 4. The van der Waals surface area contributed by atoms with Crippen LogP contribution in [0.3, 0.4) is 0 Å². The van der Waals surface area contributed by atoms with E-state index in [0.29, 0.717) is 5.95 Å². The van der Waals surface area contributed by atoms with E-state index in [1.54, 1.807) is 4.68 Å². The fourth-order valence-electron chi connectivity index (χ4n) is 1.60. The second-order valence-electron chi connectivity index (χ2n) is 3.71. The van der Waals surface area contributed by atoms with Crippen molar-refractivity contribution in [2.75, 3.05) is 5.73 Å². The molecule has 0 fully saturated rings. The van der Waals surface area contributed by atoms with Crippen molar-refractivity contribution in [1.82, 2.24) is 19.3 Å². The van der Waals surface area contributed by atoms with Gasteiger partial charge in [-0.15, -0.1) is 0 Å². The van der Waals surface area contributed by atoms with Crippen LogP contribution in [0.1, 0.15) is 11.3 Å². The Hall–Kier alpha value is -1.78. The van der Waals surface area contributed by atoms with Crippen molar-refractivity contribution in [3.8, 4) is 0 Å². The average Bonchev–Trinajstić information content (AvgIpc) is 2.70. The van der Waals surface area contributed by atoms with Crippen LogP contribution in [-0.2, 0) is 20.0 Å². The minimum atomic E-state index is 0.580. The monoisotopic (exact) mass is 205 g/mol. The highest BCUT2D eigenvalue weighted by atomic mass is 15.2. The lowest BCUT2D eigenvalue weighted by Gasteiger charge is -2.01. The van der Waals surface area contributed by atoms with Gasteiger partial charge in [0.2, 0.25) is 0 Å². The van der Waals surface area contributed by atoms with Crippen LogP contribution in [0.25, 0.3) is 0 Å². The van der Waals surface area contributed by atoms with Gasteiger partial charge in [-0.05, 0) is 18.9 Å². The van der Waals surface area contributed by atoms with Crippen molar-refractivity contribution in [3.05, 3.63) is 29.8 Å². The molecule has 80 valence electrons. The Kier molecular flexibility index (Phi) is 2.45. The van der Waals surface area contributed by atoms with Gasteiger partial charge in [-0.1, -0.05) is 0 Å². The first-order chi connectivity index (χ1) is 7.15. The lowest BCUT2D eigenvalue weighted by molar-refractivity contribution is 0.704. The summed E-state index contributed by atoms with van der Waals surface area (Å²) in [6.07, 6.45) is 6.78. The van der Waals surface area contributed by atoms with Gasteiger partial charge in [0, 0.05) is 26.0 Å². The number of aryl methyl sites for hydroxylation is 4. The molecule has 0 spiro atoms. The molecule has 0 radical (unpaired) electrons. The van der Waals surface area contributed by atoms with Crippen LogP contribution >= 0.6 is 0 Å². The summed E-state index contributed by atoms with van der Waals surface area (Å²) >= 11 is 0. The van der Waals surface area contributed by atoms with E-state index in [4.69, 9.17) is 5.73 Å². The second-order valence-corrected chi connectivity index (χ2v) is 3.71. The average molecular weight is 205 g/mol. The van der Waals surface area contributed by atoms with Crippen LogP contribution in [-0.4, -0.2) is 19.3 Å². The van der Waals surface area contributed by atoms with E-state index >= 15 is 0 Å². The van der Waals surface area contributed by atoms with E-state index in [2.05, 4.69) is 10.1 Å². The molecule has 0 aliphatic carbocycles. The third-order valence-electron chi connectivity index (χ3n) is 2.33. The highest BCUT2D eigenvalue weighted by Gasteiger charge is 2.02. The maximum Gasteiger partial charge on any atom is 0.200 e. The van der Waals surface area contributed by atoms with Gasteiger partial charge in [0.05, 0.1) is 11.9 Å². The molecule has 2 aromatic heterocycles. The fraction of sp³-hybridized carbons (Fsp3) is 0.400. The topological polar surface area (TPSA) is 61.7 Å². The Morgan fingerprint density at radius 2 is 2.20 bits per heavy atom. The molecule has 0 aliphatic heterocycles. The molecule has 0 saturated carbocycles. The van der Waals surface area contributed by atoms with Gasteiger partial charge in [0.25, 0.3) is 0 Å². The number of nitrogens with two attached hydrogens (primary N) is 1. The highest BCUT2D eigenvalue weighted by Crippen LogP contribution is 2.06. The number of imidazole rings is 1. The van der Waals surface area contributed by atoms with Gasteiger partial charge >= 0.3 is 0 Å². The first-order valence-corrected chi connectivity index (χ1v) is 4.92. The Morgan fingerprint density at radius 3 is 2.73 bits per heavy atom. The number of hydrogen-bond donors (Lipinski definition) is 1. The molecule has 0 atom stereocenters. The SMILES string of the molecule is Cc1cn(CCc2cnn(C)c2)c(N)n1. The zero-order valence-corrected chi connectivity index (χ0v) is 9.01. The van der Waals surface area contributed by atoms with Gasteiger partial charge in [-0.2, -0.15) is 5.10 Å². The molecular weight excluding hydrogens is 190 g/mol. The van der Waals surface area contributed by atoms with Crippen LogP contribution in [0.4, 0.5) is 5.95 Å². The summed E-state index contributed by atoms with van der Waals surface area (Å²) in [6.45, 7) is 2.79. The molecule has 0 saturated heterocycles. The summed E-state index contributed by atoms with van der Waals surface area (Å²) in [5, 5.41) is 4.12. The van der Waals surface area contributed by atoms with Crippen molar-refractivity contribution in [1.29, 1.82) is 0 Å². The van der Waals surface area contributed by atoms with Crippen molar-refractivity contribution in [3.63, 3.8) is 0 Å². The van der Waals surface area contributed by atoms with Crippen molar-refractivity contribution < 1.29 is 0 Å². The number of anilines is 1. The molecule has 0 aromatic carbocycles. The largest absolute Gasteiger partial charge is 0.369 e. The zero-order valence-electron chi connectivity index (χ0n) is 9.01. The maximum atomic E-state index is 5.74. The van der Waals surface area contributed by atoms with Gasteiger partial charge in [0.15, 0.2) is 5.95 Å². The molecule has 0 aliphatic rings. The second kappa shape index (κ2) is 3.76. The third kappa shape index (κ3) is 2.18. The van der Waals surface area contributed by atoms with E-state index in [9.17, 15) is 0 Å². The van der Waals surface area contributed by atoms with E-state index < -0.39 is 0 Å². The summed E-state index contributed by atoms with van der Waals surface area (Å²) in [6, 6.07) is 0. The molecule has 2 aromatic rings. The van der Waals surface area contributed by atoms with Gasteiger partial charge in [-0.3, -0.25) is 4.68 Å². The summed E-state index contributed by atoms with van der Waals surface area (Å²) in [5.74, 6) is 0.580. The fourth-order valence-corrected chi connectivity index (χ4v) is 1.60. The molecule has 0 amide bonds. The molecule has 0 bridgehead atoms. The molecule has 2 N–H and O–H groups in total. The molecule has 0 unspecified atom stereocenters. The molecular formula is C10H15N5. The maximum absolute atomic E-state index is 5.74. The Balaban J connectivity index is 2.01. The summed E-state index contributed by atoms with van der Waals surface area (Å²) in [5.41, 5.74) is 7.91. The van der Waals surface area contributed by atoms with Crippen LogP contribution < -0.4 is 5.73 Å². The number of rotatable bonds is 3. The standard InChI is InChI=1S/C10H15N5/c1-8-6-15(10(11)13-8)4-3-9-5-12-14(2)7-9/h5-7H,3-4H2,1-2H3,(H2,11,13). The van der Waals surface area contributed by atoms with Crippen molar-refractivity contribution in [2.24, 2.45) is 7.05 Å². The van der Waals surface area contributed by atoms with E-state index in [0.717, 1.165) is 18.7 Å². The van der Waals surface area contributed by atoms with Crippen molar-refractivity contribution in [2.45, 2.75) is 19.9 Å². The van der Waals surface area contributed by atoms with Gasteiger partial charge in [0.1, 0.15) is 0 Å². The highest BCUT2D eigenvalue weighted by molar-refractivity contribution is 5.21. The molecule has 5 nitrogen and oxygen atoms in total. The minimum Gasteiger partial charge on any atom is -0.369 e. The molecule has 5 heteroatoms. The number of nitrogen functional groups attached to an aromatic ring is 1. The van der Waals surface area contributed by atoms with E-state index in [1.165, 1.54) is 5.56 Å². The Morgan fingerprint density at radius 1 is 1.40 bits per heavy atom. The molecule has 2 rings (SSSR count). The van der Waals surface area contributed by atoms with Gasteiger partial charge in [-0.25, -0.2) is 4.98 Å². The van der Waals surface area contributed by atoms with E-state index in [1.807, 2.05) is 37.1 Å². The van der Waals surface area contributed by atoms with Crippen molar-refractivity contribution >= 4 is 5.95 Å². The van der Waals surface area contributed by atoms with E-state index in [-0.39, 0.29) is 0 Å². The predicted molar refractivity (Wildman–Crippen MR) is 58.3 cm³/mol. The summed E-state index contributed by atoms with van der Waals surface area (Å²) in [4.78, 5) is 4.15. The smallest absolute Gasteiger partial charge is 0.200 e. The van der Waals surface area contributed by atoms with Crippen LogP contribution in [0.15, 0.2) is 18.6 Å². The first kappa shape index (κ1) is 9.76. The predicted octanol–water partition coefficient (Wildman–Crippen LogP) is 0.750.